The van der Waals surface area contributed by atoms with Crippen molar-refractivity contribution in [3.63, 3.8) is 0 Å². The van der Waals surface area contributed by atoms with Crippen molar-refractivity contribution in [2.75, 3.05) is 12.4 Å². The third kappa shape index (κ3) is 3.32. The van der Waals surface area contributed by atoms with Gasteiger partial charge in [-0.1, -0.05) is 6.07 Å². The molecule has 6 nitrogen and oxygen atoms in total. The molecule has 25 heavy (non-hydrogen) atoms. The number of methoxy groups -OCH3 is 1. The Labute approximate surface area is 149 Å². The van der Waals surface area contributed by atoms with Crippen molar-refractivity contribution in [2.24, 2.45) is 0 Å². The lowest BCUT2D eigenvalue weighted by Gasteiger charge is -2.09. The Hall–Kier alpha value is -2.93. The molecule has 1 heterocycles. The Morgan fingerprint density at radius 1 is 1.28 bits per heavy atom. The number of aromatic nitrogens is 2. The van der Waals surface area contributed by atoms with Gasteiger partial charge in [-0.05, 0) is 49.5 Å². The lowest BCUT2D eigenvalue weighted by atomic mass is 10.1. The van der Waals surface area contributed by atoms with Crippen molar-refractivity contribution in [2.45, 2.75) is 13.5 Å². The van der Waals surface area contributed by atoms with E-state index in [0.717, 1.165) is 0 Å². The summed E-state index contributed by atoms with van der Waals surface area (Å²) in [7, 11) is 1.57. The number of rotatable bonds is 4. The van der Waals surface area contributed by atoms with Crippen LogP contribution in [-0.4, -0.2) is 22.6 Å². The Morgan fingerprint density at radius 3 is 2.80 bits per heavy atom. The highest BCUT2D eigenvalue weighted by Crippen LogP contribution is 2.18. The summed E-state index contributed by atoms with van der Waals surface area (Å²) in [6, 6.07) is 12.0. The van der Waals surface area contributed by atoms with Gasteiger partial charge < -0.3 is 15.0 Å². The minimum absolute atomic E-state index is 0.166. The SMILES string of the molecule is CCn1c(=S)[nH]c2cc(C(=O)Nc3cccc(OC)c3)ccc2c1=O. The lowest BCUT2D eigenvalue weighted by molar-refractivity contribution is 0.102. The summed E-state index contributed by atoms with van der Waals surface area (Å²) in [6.07, 6.45) is 0. The van der Waals surface area contributed by atoms with Gasteiger partial charge in [0, 0.05) is 23.9 Å². The third-order valence-electron chi connectivity index (χ3n) is 3.89. The minimum atomic E-state index is -0.283. The molecule has 1 amide bonds. The molecule has 0 saturated carbocycles. The quantitative estimate of drug-likeness (QED) is 0.704. The number of nitrogens with one attached hydrogen (secondary N) is 2. The van der Waals surface area contributed by atoms with E-state index in [9.17, 15) is 9.59 Å². The summed E-state index contributed by atoms with van der Waals surface area (Å²) < 4.78 is 6.96. The van der Waals surface area contributed by atoms with Crippen LogP contribution in [0, 0.1) is 4.77 Å². The minimum Gasteiger partial charge on any atom is -0.497 e. The first kappa shape index (κ1) is 16.9. The second-order valence-corrected chi connectivity index (χ2v) is 5.81. The molecule has 0 atom stereocenters. The average Bonchev–Trinajstić information content (AvgIpc) is 2.61. The van der Waals surface area contributed by atoms with Gasteiger partial charge in [0.05, 0.1) is 18.0 Å². The molecule has 0 aliphatic rings. The first-order chi connectivity index (χ1) is 12.0. The molecule has 0 bridgehead atoms. The summed E-state index contributed by atoms with van der Waals surface area (Å²) in [5.74, 6) is 0.370. The summed E-state index contributed by atoms with van der Waals surface area (Å²) in [4.78, 5) is 27.9. The van der Waals surface area contributed by atoms with Crippen molar-refractivity contribution >= 4 is 34.7 Å². The fourth-order valence-electron chi connectivity index (χ4n) is 2.59. The predicted octanol–water partition coefficient (Wildman–Crippen LogP) is 3.34. The van der Waals surface area contributed by atoms with Gasteiger partial charge >= 0.3 is 0 Å². The summed E-state index contributed by atoms with van der Waals surface area (Å²) in [5, 5.41) is 3.30. The summed E-state index contributed by atoms with van der Waals surface area (Å²) in [6.45, 7) is 2.34. The molecule has 0 aliphatic heterocycles. The van der Waals surface area contributed by atoms with Gasteiger partial charge in [0.1, 0.15) is 5.75 Å². The van der Waals surface area contributed by atoms with Crippen LogP contribution in [0.2, 0.25) is 0 Å². The van der Waals surface area contributed by atoms with Crippen molar-refractivity contribution in [3.05, 3.63) is 63.2 Å². The van der Waals surface area contributed by atoms with E-state index >= 15 is 0 Å². The number of hydrogen-bond donors (Lipinski definition) is 2. The van der Waals surface area contributed by atoms with Gasteiger partial charge in [-0.3, -0.25) is 14.2 Å². The molecule has 3 aromatic rings. The second-order valence-electron chi connectivity index (χ2n) is 5.43. The zero-order chi connectivity index (χ0) is 18.0. The number of hydrogen-bond acceptors (Lipinski definition) is 4. The number of carbonyl (C=O) groups is 1. The zero-order valence-electron chi connectivity index (χ0n) is 13.8. The van der Waals surface area contributed by atoms with Crippen LogP contribution in [-0.2, 0) is 6.54 Å². The van der Waals surface area contributed by atoms with Crippen molar-refractivity contribution in [3.8, 4) is 5.75 Å². The largest absolute Gasteiger partial charge is 0.497 e. The van der Waals surface area contributed by atoms with Gasteiger partial charge in [-0.25, -0.2) is 0 Å². The Kier molecular flexibility index (Phi) is 4.67. The molecule has 0 radical (unpaired) electrons. The van der Waals surface area contributed by atoms with E-state index in [1.807, 2.05) is 6.92 Å². The molecular weight excluding hydrogens is 338 g/mol. The molecule has 0 spiro atoms. The smallest absolute Gasteiger partial charge is 0.262 e. The maximum atomic E-state index is 12.5. The predicted molar refractivity (Wildman–Crippen MR) is 100 cm³/mol. The molecule has 2 N–H and O–H groups in total. The van der Waals surface area contributed by atoms with Crippen LogP contribution in [0.15, 0.2) is 47.3 Å². The second kappa shape index (κ2) is 6.90. The van der Waals surface area contributed by atoms with Crippen molar-refractivity contribution in [1.29, 1.82) is 0 Å². The van der Waals surface area contributed by atoms with Crippen LogP contribution in [0.1, 0.15) is 17.3 Å². The number of H-pyrrole nitrogens is 1. The van der Waals surface area contributed by atoms with Crippen molar-refractivity contribution in [1.82, 2.24) is 9.55 Å². The van der Waals surface area contributed by atoms with Crippen LogP contribution in [0.5, 0.6) is 5.75 Å². The van der Waals surface area contributed by atoms with E-state index < -0.39 is 0 Å². The summed E-state index contributed by atoms with van der Waals surface area (Å²) >= 11 is 5.20. The van der Waals surface area contributed by atoms with Gasteiger partial charge in [0.2, 0.25) is 0 Å². The van der Waals surface area contributed by atoms with Gasteiger partial charge in [0.15, 0.2) is 4.77 Å². The Morgan fingerprint density at radius 2 is 2.08 bits per heavy atom. The van der Waals surface area contributed by atoms with E-state index in [0.29, 0.717) is 39.2 Å². The highest BCUT2D eigenvalue weighted by molar-refractivity contribution is 7.71. The van der Waals surface area contributed by atoms with Crippen LogP contribution < -0.4 is 15.6 Å². The van der Waals surface area contributed by atoms with Gasteiger partial charge in [-0.15, -0.1) is 0 Å². The number of ether oxygens (including phenoxy) is 1. The molecule has 128 valence electrons. The fraction of sp³-hybridized carbons (Fsp3) is 0.167. The van der Waals surface area contributed by atoms with Crippen LogP contribution in [0.4, 0.5) is 5.69 Å². The molecule has 1 aromatic heterocycles. The van der Waals surface area contributed by atoms with Gasteiger partial charge in [-0.2, -0.15) is 0 Å². The molecule has 2 aromatic carbocycles. The van der Waals surface area contributed by atoms with E-state index in [1.165, 1.54) is 4.57 Å². The van der Waals surface area contributed by atoms with E-state index in [2.05, 4.69) is 10.3 Å². The summed E-state index contributed by atoms with van der Waals surface area (Å²) in [5.41, 5.74) is 1.42. The molecule has 0 aliphatic carbocycles. The topological polar surface area (TPSA) is 76.1 Å². The first-order valence-corrected chi connectivity index (χ1v) is 8.16. The monoisotopic (exact) mass is 355 g/mol. The number of aromatic amines is 1. The molecular formula is C18H17N3O3S. The molecule has 3 rings (SSSR count). The highest BCUT2D eigenvalue weighted by Gasteiger charge is 2.10. The number of anilines is 1. The highest BCUT2D eigenvalue weighted by atomic mass is 32.1. The Balaban J connectivity index is 1.97. The molecule has 0 unspecified atom stereocenters. The van der Waals surface area contributed by atoms with Crippen LogP contribution in [0.25, 0.3) is 10.9 Å². The number of nitrogens with zero attached hydrogens (tertiary/aromatic N) is 1. The normalized spacial score (nSPS) is 10.6. The number of fused-ring (bicyclic) bond motifs is 1. The van der Waals surface area contributed by atoms with Crippen LogP contribution >= 0.6 is 12.2 Å². The van der Waals surface area contributed by atoms with E-state index in [-0.39, 0.29) is 11.5 Å². The zero-order valence-corrected chi connectivity index (χ0v) is 14.6. The standard InChI is InChI=1S/C18H17N3O3S/c1-3-21-17(23)14-8-7-11(9-15(14)20-18(21)25)16(22)19-12-5-4-6-13(10-12)24-2/h4-10H,3H2,1-2H3,(H,19,22)(H,20,25). The average molecular weight is 355 g/mol. The number of amides is 1. The molecule has 0 fully saturated rings. The maximum absolute atomic E-state index is 12.5. The van der Waals surface area contributed by atoms with Crippen molar-refractivity contribution < 1.29 is 9.53 Å². The van der Waals surface area contributed by atoms with Gasteiger partial charge in [0.25, 0.3) is 11.5 Å². The van der Waals surface area contributed by atoms with E-state index in [1.54, 1.807) is 49.6 Å². The number of benzene rings is 2. The molecule has 7 heteroatoms. The third-order valence-corrected chi connectivity index (χ3v) is 4.21. The Bertz CT molecular complexity index is 1070. The van der Waals surface area contributed by atoms with E-state index in [4.69, 9.17) is 17.0 Å². The number of carbonyl (C=O) groups excluding carboxylic acids is 1. The first-order valence-electron chi connectivity index (χ1n) is 7.75. The fourth-order valence-corrected chi connectivity index (χ4v) is 2.91. The lowest BCUT2D eigenvalue weighted by Crippen LogP contribution is -2.21. The maximum Gasteiger partial charge on any atom is 0.262 e. The van der Waals surface area contributed by atoms with Crippen LogP contribution in [0.3, 0.4) is 0 Å². The molecule has 0 saturated heterocycles.